The van der Waals surface area contributed by atoms with E-state index < -0.39 is 0 Å². The first-order valence-electron chi connectivity index (χ1n) is 3.96. The van der Waals surface area contributed by atoms with Gasteiger partial charge in [0, 0.05) is 7.05 Å². The van der Waals surface area contributed by atoms with Crippen molar-refractivity contribution in [2.24, 2.45) is 0 Å². The Kier molecular flexibility index (Phi) is 3.64. The second-order valence-electron chi connectivity index (χ2n) is 2.60. The predicted molar refractivity (Wildman–Crippen MR) is 55.4 cm³/mol. The minimum absolute atomic E-state index is 0.202. The third kappa shape index (κ3) is 2.99. The molecule has 13 heavy (non-hydrogen) atoms. The Balaban J connectivity index is 2.55. The SMILES string of the molecule is CNC(=O)N(S)Cc1ccccc1. The van der Waals surface area contributed by atoms with Gasteiger partial charge in [0.25, 0.3) is 0 Å². The van der Waals surface area contributed by atoms with E-state index in [1.54, 1.807) is 7.05 Å². The summed E-state index contributed by atoms with van der Waals surface area (Å²) in [7, 11) is 1.58. The summed E-state index contributed by atoms with van der Waals surface area (Å²) in [5.41, 5.74) is 1.06. The summed E-state index contributed by atoms with van der Waals surface area (Å²) in [5.74, 6) is 0. The number of nitrogens with zero attached hydrogens (tertiary/aromatic N) is 1. The molecule has 1 rings (SSSR count). The summed E-state index contributed by atoms with van der Waals surface area (Å²) in [4.78, 5) is 11.1. The first kappa shape index (κ1) is 9.92. The highest BCUT2D eigenvalue weighted by atomic mass is 32.1. The van der Waals surface area contributed by atoms with E-state index in [0.29, 0.717) is 6.54 Å². The number of nitrogens with one attached hydrogen (secondary N) is 1. The van der Waals surface area contributed by atoms with Crippen LogP contribution < -0.4 is 5.32 Å². The molecule has 0 spiro atoms. The number of benzene rings is 1. The van der Waals surface area contributed by atoms with E-state index in [0.717, 1.165) is 5.56 Å². The average molecular weight is 196 g/mol. The highest BCUT2D eigenvalue weighted by molar-refractivity contribution is 7.78. The van der Waals surface area contributed by atoms with E-state index in [1.807, 2.05) is 30.3 Å². The van der Waals surface area contributed by atoms with Crippen molar-refractivity contribution in [3.05, 3.63) is 35.9 Å². The van der Waals surface area contributed by atoms with Crippen LogP contribution in [0.3, 0.4) is 0 Å². The lowest BCUT2D eigenvalue weighted by molar-refractivity contribution is 0.227. The highest BCUT2D eigenvalue weighted by Crippen LogP contribution is 2.05. The summed E-state index contributed by atoms with van der Waals surface area (Å²) in [5, 5.41) is 2.50. The van der Waals surface area contributed by atoms with Crippen LogP contribution in [-0.4, -0.2) is 17.4 Å². The van der Waals surface area contributed by atoms with Crippen LogP contribution in [0.2, 0.25) is 0 Å². The normalized spacial score (nSPS) is 9.38. The maximum Gasteiger partial charge on any atom is 0.327 e. The van der Waals surface area contributed by atoms with Gasteiger partial charge in [-0.3, -0.25) is 4.31 Å². The smallest absolute Gasteiger partial charge is 0.327 e. The number of carbonyl (C=O) groups excluding carboxylic acids is 1. The summed E-state index contributed by atoms with van der Waals surface area (Å²) in [6, 6.07) is 9.50. The van der Waals surface area contributed by atoms with Crippen molar-refractivity contribution >= 4 is 18.8 Å². The predicted octanol–water partition coefficient (Wildman–Crippen LogP) is 1.67. The molecule has 0 fully saturated rings. The van der Waals surface area contributed by atoms with Crippen molar-refractivity contribution < 1.29 is 4.79 Å². The summed E-state index contributed by atoms with van der Waals surface area (Å²) < 4.78 is 1.33. The van der Waals surface area contributed by atoms with Gasteiger partial charge in [0.15, 0.2) is 0 Å². The lowest BCUT2D eigenvalue weighted by atomic mass is 10.2. The third-order valence-electron chi connectivity index (χ3n) is 1.62. The lowest BCUT2D eigenvalue weighted by Gasteiger charge is -2.14. The van der Waals surface area contributed by atoms with Crippen molar-refractivity contribution in [3.8, 4) is 0 Å². The fourth-order valence-corrected chi connectivity index (χ4v) is 1.22. The molecule has 2 amide bonds. The molecule has 1 aromatic carbocycles. The van der Waals surface area contributed by atoms with Gasteiger partial charge in [0.05, 0.1) is 6.54 Å². The molecule has 1 N–H and O–H groups in total. The number of carbonyl (C=O) groups is 1. The molecule has 0 aliphatic rings. The summed E-state index contributed by atoms with van der Waals surface area (Å²) in [6.07, 6.45) is 0. The van der Waals surface area contributed by atoms with E-state index in [4.69, 9.17) is 0 Å². The van der Waals surface area contributed by atoms with Gasteiger partial charge in [0.2, 0.25) is 0 Å². The van der Waals surface area contributed by atoms with Crippen LogP contribution >= 0.6 is 12.8 Å². The van der Waals surface area contributed by atoms with Gasteiger partial charge in [-0.15, -0.1) is 0 Å². The van der Waals surface area contributed by atoms with Crippen LogP contribution in [0.5, 0.6) is 0 Å². The van der Waals surface area contributed by atoms with Gasteiger partial charge in [-0.25, -0.2) is 4.79 Å². The molecule has 0 bridgehead atoms. The molecule has 0 atom stereocenters. The van der Waals surface area contributed by atoms with Crippen molar-refractivity contribution in [3.63, 3.8) is 0 Å². The van der Waals surface area contributed by atoms with Gasteiger partial charge in [-0.2, -0.15) is 0 Å². The fourth-order valence-electron chi connectivity index (χ4n) is 0.957. The standard InChI is InChI=1S/C9H12N2OS/c1-10-9(12)11(13)7-8-5-3-2-4-6-8/h2-6,13H,7H2,1H3,(H,10,12). The zero-order valence-corrected chi connectivity index (χ0v) is 8.29. The van der Waals surface area contributed by atoms with E-state index in [-0.39, 0.29) is 6.03 Å². The first-order chi connectivity index (χ1) is 6.24. The number of hydrogen-bond acceptors (Lipinski definition) is 2. The topological polar surface area (TPSA) is 32.3 Å². The minimum atomic E-state index is -0.202. The Hall–Kier alpha value is -1.16. The average Bonchev–Trinajstić information content (AvgIpc) is 2.18. The van der Waals surface area contributed by atoms with Crippen molar-refractivity contribution in [1.82, 2.24) is 9.62 Å². The molecule has 0 aliphatic heterocycles. The molecule has 4 heteroatoms. The molecule has 0 unspecified atom stereocenters. The molecule has 3 nitrogen and oxygen atoms in total. The third-order valence-corrected chi connectivity index (χ3v) is 1.95. The maximum atomic E-state index is 11.1. The quantitative estimate of drug-likeness (QED) is 0.693. The van der Waals surface area contributed by atoms with Crippen LogP contribution in [-0.2, 0) is 6.54 Å². The Morgan fingerprint density at radius 2 is 2.08 bits per heavy atom. The van der Waals surface area contributed by atoms with Crippen molar-refractivity contribution in [2.75, 3.05) is 7.05 Å². The fraction of sp³-hybridized carbons (Fsp3) is 0.222. The monoisotopic (exact) mass is 196 g/mol. The molecule has 1 aromatic rings. The Morgan fingerprint density at radius 1 is 1.46 bits per heavy atom. The van der Waals surface area contributed by atoms with Gasteiger partial charge in [0.1, 0.15) is 0 Å². The molecule has 70 valence electrons. The Bertz CT molecular complexity index is 276. The van der Waals surface area contributed by atoms with Crippen LogP contribution in [0.1, 0.15) is 5.56 Å². The zero-order chi connectivity index (χ0) is 9.68. The van der Waals surface area contributed by atoms with Crippen LogP contribution in [0.25, 0.3) is 0 Å². The lowest BCUT2D eigenvalue weighted by Crippen LogP contribution is -2.30. The first-order valence-corrected chi connectivity index (χ1v) is 4.36. The number of amides is 2. The van der Waals surface area contributed by atoms with E-state index in [2.05, 4.69) is 18.1 Å². The number of thiol groups is 1. The Labute approximate surface area is 83.3 Å². The van der Waals surface area contributed by atoms with Gasteiger partial charge in [-0.1, -0.05) is 43.1 Å². The summed E-state index contributed by atoms with van der Waals surface area (Å²) in [6.45, 7) is 0.504. The van der Waals surface area contributed by atoms with Gasteiger partial charge in [-0.05, 0) is 5.56 Å². The number of urea groups is 1. The summed E-state index contributed by atoms with van der Waals surface area (Å²) >= 11 is 4.04. The van der Waals surface area contributed by atoms with Crippen LogP contribution in [0.4, 0.5) is 4.79 Å². The molecule has 0 saturated heterocycles. The molecule has 0 aliphatic carbocycles. The molecule has 0 heterocycles. The molecular formula is C9H12N2OS. The largest absolute Gasteiger partial charge is 0.340 e. The molecular weight excluding hydrogens is 184 g/mol. The number of rotatable bonds is 2. The maximum absolute atomic E-state index is 11.1. The highest BCUT2D eigenvalue weighted by Gasteiger charge is 2.06. The Morgan fingerprint density at radius 3 is 2.62 bits per heavy atom. The zero-order valence-electron chi connectivity index (χ0n) is 7.40. The van der Waals surface area contributed by atoms with Gasteiger partial charge >= 0.3 is 6.03 Å². The van der Waals surface area contributed by atoms with Crippen LogP contribution in [0.15, 0.2) is 30.3 Å². The van der Waals surface area contributed by atoms with Crippen molar-refractivity contribution in [1.29, 1.82) is 0 Å². The molecule has 0 aromatic heterocycles. The molecule has 0 saturated carbocycles. The second kappa shape index (κ2) is 4.77. The van der Waals surface area contributed by atoms with E-state index in [1.165, 1.54) is 4.31 Å². The van der Waals surface area contributed by atoms with Crippen molar-refractivity contribution in [2.45, 2.75) is 6.54 Å². The minimum Gasteiger partial charge on any atom is -0.340 e. The number of hydrogen-bond donors (Lipinski definition) is 2. The molecule has 0 radical (unpaired) electrons. The second-order valence-corrected chi connectivity index (χ2v) is 3.08. The van der Waals surface area contributed by atoms with Crippen LogP contribution in [0, 0.1) is 0 Å². The van der Waals surface area contributed by atoms with E-state index >= 15 is 0 Å². The van der Waals surface area contributed by atoms with Gasteiger partial charge < -0.3 is 5.32 Å². The van der Waals surface area contributed by atoms with E-state index in [9.17, 15) is 4.79 Å².